The molecule has 3 nitrogen and oxygen atoms in total. The number of rotatable bonds is 4. The first kappa shape index (κ1) is 13.1. The summed E-state index contributed by atoms with van der Waals surface area (Å²) in [6.07, 6.45) is 3.54. The second kappa shape index (κ2) is 6.06. The van der Waals surface area contributed by atoms with Gasteiger partial charge in [-0.15, -0.1) is 0 Å². The minimum absolute atomic E-state index is 0.136. The molecule has 3 heteroatoms. The number of nitrogens with one attached hydrogen (secondary N) is 1. The molecule has 104 valence electrons. The fraction of sp³-hybridized carbons (Fsp3) is 0.353. The summed E-state index contributed by atoms with van der Waals surface area (Å²) in [5.74, 6) is 0.722. The lowest BCUT2D eigenvalue weighted by atomic mass is 9.89. The molecule has 0 bridgehead atoms. The van der Waals surface area contributed by atoms with Gasteiger partial charge in [0.2, 0.25) is 5.88 Å². The molecule has 0 saturated carbocycles. The molecule has 0 saturated heterocycles. The van der Waals surface area contributed by atoms with Crippen molar-refractivity contribution in [2.75, 3.05) is 7.05 Å². The number of nitrogens with zero attached hydrogens (tertiary/aromatic N) is 1. The van der Waals surface area contributed by atoms with E-state index in [9.17, 15) is 0 Å². The van der Waals surface area contributed by atoms with Crippen LogP contribution in [-0.2, 0) is 13.0 Å². The lowest BCUT2D eigenvalue weighted by molar-refractivity contribution is 0.175. The molecular formula is C17H20N2O. The third-order valence-electron chi connectivity index (χ3n) is 3.72. The van der Waals surface area contributed by atoms with Crippen molar-refractivity contribution in [2.24, 2.45) is 0 Å². The summed E-state index contributed by atoms with van der Waals surface area (Å²) >= 11 is 0. The SMILES string of the molecule is CNCc1cccc(OC2CCCc3ccccc32)n1. The Balaban J connectivity index is 1.80. The van der Waals surface area contributed by atoms with Crippen LogP contribution in [0.5, 0.6) is 5.88 Å². The molecule has 1 aromatic heterocycles. The fourth-order valence-corrected chi connectivity index (χ4v) is 2.78. The molecular weight excluding hydrogens is 248 g/mol. The average molecular weight is 268 g/mol. The van der Waals surface area contributed by atoms with E-state index < -0.39 is 0 Å². The van der Waals surface area contributed by atoms with Crippen LogP contribution >= 0.6 is 0 Å². The Morgan fingerprint density at radius 1 is 1.20 bits per heavy atom. The van der Waals surface area contributed by atoms with Gasteiger partial charge in [0.15, 0.2) is 0 Å². The van der Waals surface area contributed by atoms with Crippen molar-refractivity contribution >= 4 is 0 Å². The van der Waals surface area contributed by atoms with E-state index in [4.69, 9.17) is 4.74 Å². The minimum atomic E-state index is 0.136. The second-order valence-electron chi connectivity index (χ2n) is 5.20. The fourth-order valence-electron chi connectivity index (χ4n) is 2.78. The Bertz CT molecular complexity index is 583. The van der Waals surface area contributed by atoms with Crippen molar-refractivity contribution in [1.29, 1.82) is 0 Å². The van der Waals surface area contributed by atoms with Crippen molar-refractivity contribution in [2.45, 2.75) is 31.9 Å². The van der Waals surface area contributed by atoms with Crippen LogP contribution in [0.2, 0.25) is 0 Å². The molecule has 0 aliphatic heterocycles. The van der Waals surface area contributed by atoms with Crippen molar-refractivity contribution in [3.63, 3.8) is 0 Å². The van der Waals surface area contributed by atoms with Crippen molar-refractivity contribution in [3.05, 3.63) is 59.3 Å². The Kier molecular flexibility index (Phi) is 3.97. The van der Waals surface area contributed by atoms with Crippen molar-refractivity contribution in [3.8, 4) is 5.88 Å². The van der Waals surface area contributed by atoms with E-state index in [0.717, 1.165) is 31.0 Å². The third-order valence-corrected chi connectivity index (χ3v) is 3.72. The highest BCUT2D eigenvalue weighted by Gasteiger charge is 2.21. The van der Waals surface area contributed by atoms with Gasteiger partial charge in [-0.3, -0.25) is 0 Å². The van der Waals surface area contributed by atoms with E-state index in [1.165, 1.54) is 17.5 Å². The maximum atomic E-state index is 6.13. The number of ether oxygens (including phenoxy) is 1. The molecule has 1 unspecified atom stereocenters. The zero-order valence-corrected chi connectivity index (χ0v) is 11.8. The molecule has 1 aliphatic carbocycles. The Morgan fingerprint density at radius 3 is 3.00 bits per heavy atom. The molecule has 0 fully saturated rings. The van der Waals surface area contributed by atoms with Gasteiger partial charge < -0.3 is 10.1 Å². The summed E-state index contributed by atoms with van der Waals surface area (Å²) < 4.78 is 6.13. The van der Waals surface area contributed by atoms with Crippen LogP contribution in [-0.4, -0.2) is 12.0 Å². The van der Waals surface area contributed by atoms with E-state index in [1.807, 2.05) is 25.2 Å². The van der Waals surface area contributed by atoms with Crippen molar-refractivity contribution < 1.29 is 4.74 Å². The van der Waals surface area contributed by atoms with Gasteiger partial charge in [-0.2, -0.15) is 0 Å². The normalized spacial score (nSPS) is 17.6. The number of aryl methyl sites for hydroxylation is 1. The number of hydrogen-bond donors (Lipinski definition) is 1. The molecule has 1 aliphatic rings. The summed E-state index contributed by atoms with van der Waals surface area (Å²) in [5, 5.41) is 3.11. The molecule has 1 aromatic carbocycles. The highest BCUT2D eigenvalue weighted by atomic mass is 16.5. The highest BCUT2D eigenvalue weighted by Crippen LogP contribution is 2.32. The summed E-state index contributed by atoms with van der Waals surface area (Å²) in [7, 11) is 1.92. The van der Waals surface area contributed by atoms with Crippen molar-refractivity contribution in [1.82, 2.24) is 10.3 Å². The molecule has 0 amide bonds. The number of hydrogen-bond acceptors (Lipinski definition) is 3. The molecule has 0 radical (unpaired) electrons. The predicted octanol–water partition coefficient (Wildman–Crippen LogP) is 3.26. The Hall–Kier alpha value is -1.87. The minimum Gasteiger partial charge on any atom is -0.469 e. The predicted molar refractivity (Wildman–Crippen MR) is 79.7 cm³/mol. The Labute approximate surface area is 120 Å². The van der Waals surface area contributed by atoms with Crippen LogP contribution in [0, 0.1) is 0 Å². The van der Waals surface area contributed by atoms with E-state index in [-0.39, 0.29) is 6.10 Å². The first-order chi connectivity index (χ1) is 9.86. The van der Waals surface area contributed by atoms with Gasteiger partial charge in [-0.05, 0) is 43.5 Å². The summed E-state index contributed by atoms with van der Waals surface area (Å²) in [5.41, 5.74) is 3.74. The second-order valence-corrected chi connectivity index (χ2v) is 5.20. The maximum absolute atomic E-state index is 6.13. The van der Waals surface area contributed by atoms with Crippen LogP contribution in [0.4, 0.5) is 0 Å². The van der Waals surface area contributed by atoms with E-state index in [2.05, 4.69) is 34.6 Å². The van der Waals surface area contributed by atoms with Crippen LogP contribution in [0.1, 0.15) is 35.8 Å². The molecule has 0 spiro atoms. The number of fused-ring (bicyclic) bond motifs is 1. The van der Waals surface area contributed by atoms with E-state index in [0.29, 0.717) is 0 Å². The zero-order valence-electron chi connectivity index (χ0n) is 11.8. The maximum Gasteiger partial charge on any atom is 0.214 e. The van der Waals surface area contributed by atoms with Crippen LogP contribution in [0.3, 0.4) is 0 Å². The number of aromatic nitrogens is 1. The van der Waals surface area contributed by atoms with Gasteiger partial charge in [0.05, 0.1) is 5.69 Å². The number of benzene rings is 1. The van der Waals surface area contributed by atoms with Crippen LogP contribution in [0.15, 0.2) is 42.5 Å². The van der Waals surface area contributed by atoms with Gasteiger partial charge in [0.25, 0.3) is 0 Å². The first-order valence-corrected chi connectivity index (χ1v) is 7.22. The smallest absolute Gasteiger partial charge is 0.214 e. The van der Waals surface area contributed by atoms with E-state index in [1.54, 1.807) is 0 Å². The summed E-state index contributed by atoms with van der Waals surface area (Å²) in [6, 6.07) is 14.5. The molecule has 1 atom stereocenters. The topological polar surface area (TPSA) is 34.1 Å². The molecule has 1 heterocycles. The zero-order chi connectivity index (χ0) is 13.8. The molecule has 1 N–H and O–H groups in total. The van der Waals surface area contributed by atoms with Gasteiger partial charge in [-0.25, -0.2) is 4.98 Å². The van der Waals surface area contributed by atoms with Gasteiger partial charge in [-0.1, -0.05) is 30.3 Å². The third kappa shape index (κ3) is 2.83. The monoisotopic (exact) mass is 268 g/mol. The quantitative estimate of drug-likeness (QED) is 0.924. The lowest BCUT2D eigenvalue weighted by Gasteiger charge is -2.25. The van der Waals surface area contributed by atoms with Gasteiger partial charge >= 0.3 is 0 Å². The highest BCUT2D eigenvalue weighted by molar-refractivity contribution is 5.32. The largest absolute Gasteiger partial charge is 0.469 e. The van der Waals surface area contributed by atoms with Gasteiger partial charge in [0, 0.05) is 12.6 Å². The standard InChI is InChI=1S/C17H20N2O/c1-18-12-14-8-5-11-17(19-14)20-16-10-4-7-13-6-2-3-9-15(13)16/h2-3,5-6,8-9,11,16,18H,4,7,10,12H2,1H3. The summed E-state index contributed by atoms with van der Waals surface area (Å²) in [4.78, 5) is 4.54. The van der Waals surface area contributed by atoms with Gasteiger partial charge in [0.1, 0.15) is 6.10 Å². The lowest BCUT2D eigenvalue weighted by Crippen LogP contribution is -2.16. The molecule has 20 heavy (non-hydrogen) atoms. The Morgan fingerprint density at radius 2 is 2.10 bits per heavy atom. The summed E-state index contributed by atoms with van der Waals surface area (Å²) in [6.45, 7) is 0.762. The average Bonchev–Trinajstić information content (AvgIpc) is 2.48. The molecule has 3 rings (SSSR count). The first-order valence-electron chi connectivity index (χ1n) is 7.22. The van der Waals surface area contributed by atoms with Crippen LogP contribution < -0.4 is 10.1 Å². The number of pyridine rings is 1. The molecule has 2 aromatic rings. The van der Waals surface area contributed by atoms with E-state index >= 15 is 0 Å². The van der Waals surface area contributed by atoms with Crippen LogP contribution in [0.25, 0.3) is 0 Å².